The van der Waals surface area contributed by atoms with E-state index in [-0.39, 0.29) is 5.15 Å². The Hall–Kier alpha value is -1.17. The normalized spacial score (nSPS) is 11.8. The third kappa shape index (κ3) is 1.70. The maximum absolute atomic E-state index is 13.0. The van der Waals surface area contributed by atoms with Gasteiger partial charge in [0.15, 0.2) is 0 Å². The van der Waals surface area contributed by atoms with Gasteiger partial charge in [-0.05, 0) is 20.8 Å². The molecule has 0 fully saturated rings. The van der Waals surface area contributed by atoms with Crippen molar-refractivity contribution in [2.75, 3.05) is 0 Å². The number of hydrogen-bond acceptors (Lipinski definition) is 3. The van der Waals surface area contributed by atoms with Gasteiger partial charge in [0.25, 0.3) is 0 Å². The largest absolute Gasteiger partial charge is 0.362 e. The van der Waals surface area contributed by atoms with Crippen LogP contribution in [0.5, 0.6) is 0 Å². The Morgan fingerprint density at radius 2 is 2.07 bits per heavy atom. The van der Waals surface area contributed by atoms with E-state index in [1.807, 2.05) is 0 Å². The maximum Gasteiger partial charge on any atom is 0.362 e. The molecule has 7 heteroatoms. The van der Waals surface area contributed by atoms with Crippen LogP contribution in [0.4, 0.5) is 10.1 Å². The first kappa shape index (κ1) is 10.9. The molecule has 0 aliphatic rings. The lowest BCUT2D eigenvalue weighted by Gasteiger charge is -2.19. The highest BCUT2D eigenvalue weighted by Crippen LogP contribution is 2.31. The first-order chi connectivity index (χ1) is 6.25. The number of hydrogen-bond donors (Lipinski definition) is 0. The zero-order valence-corrected chi connectivity index (χ0v) is 8.67. The van der Waals surface area contributed by atoms with Gasteiger partial charge in [-0.1, -0.05) is 11.6 Å². The molecule has 0 saturated heterocycles. The van der Waals surface area contributed by atoms with Gasteiger partial charge in [0.05, 0.1) is 10.5 Å². The lowest BCUT2D eigenvalue weighted by atomic mass is 10.1. The smallest absolute Gasteiger partial charge is 0.258 e. The van der Waals surface area contributed by atoms with Gasteiger partial charge in [0, 0.05) is 0 Å². The van der Waals surface area contributed by atoms with Crippen LogP contribution in [0.15, 0.2) is 0 Å². The maximum atomic E-state index is 13.0. The van der Waals surface area contributed by atoms with Crippen LogP contribution in [0.3, 0.4) is 0 Å². The number of halogens is 2. The van der Waals surface area contributed by atoms with E-state index in [9.17, 15) is 14.5 Å². The average molecular weight is 222 g/mol. The number of rotatable bonds is 1. The first-order valence-electron chi connectivity index (χ1n) is 3.84. The predicted molar refractivity (Wildman–Crippen MR) is 48.8 cm³/mol. The standard InChI is InChI=1S/C7H9ClFN3O2/c1-7(2,3)11-5(8)4(12(13)14)6(9)10-11/h1-3H3. The van der Waals surface area contributed by atoms with Crippen molar-refractivity contribution in [3.8, 4) is 0 Å². The Labute approximate surface area is 84.6 Å². The van der Waals surface area contributed by atoms with Crippen LogP contribution in [0, 0.1) is 16.1 Å². The van der Waals surface area contributed by atoms with Gasteiger partial charge in [0.1, 0.15) is 0 Å². The van der Waals surface area contributed by atoms with Crippen LogP contribution < -0.4 is 0 Å². The number of nitrogens with zero attached hydrogens (tertiary/aromatic N) is 3. The van der Waals surface area contributed by atoms with E-state index in [1.165, 1.54) is 0 Å². The van der Waals surface area contributed by atoms with E-state index < -0.39 is 22.1 Å². The first-order valence-corrected chi connectivity index (χ1v) is 4.22. The highest BCUT2D eigenvalue weighted by atomic mass is 35.5. The molecule has 1 heterocycles. The monoisotopic (exact) mass is 221 g/mol. The SMILES string of the molecule is CC(C)(C)n1nc(F)c([N+](=O)[O-])c1Cl. The van der Waals surface area contributed by atoms with Crippen molar-refractivity contribution in [1.82, 2.24) is 9.78 Å². The summed E-state index contributed by atoms with van der Waals surface area (Å²) in [5.74, 6) is -1.16. The third-order valence-electron chi connectivity index (χ3n) is 1.58. The van der Waals surface area contributed by atoms with Gasteiger partial charge < -0.3 is 0 Å². The minimum Gasteiger partial charge on any atom is -0.258 e. The van der Waals surface area contributed by atoms with Gasteiger partial charge in [-0.25, -0.2) is 4.68 Å². The van der Waals surface area contributed by atoms with Gasteiger partial charge in [-0.3, -0.25) is 10.1 Å². The summed E-state index contributed by atoms with van der Waals surface area (Å²) in [5, 5.41) is 13.5. The van der Waals surface area contributed by atoms with Crippen LogP contribution in [-0.4, -0.2) is 14.7 Å². The van der Waals surface area contributed by atoms with Crippen LogP contribution >= 0.6 is 11.6 Å². The van der Waals surface area contributed by atoms with E-state index in [1.54, 1.807) is 20.8 Å². The summed E-state index contributed by atoms with van der Waals surface area (Å²) in [5.41, 5.74) is -1.37. The van der Waals surface area contributed by atoms with Gasteiger partial charge in [0.2, 0.25) is 5.15 Å². The highest BCUT2D eigenvalue weighted by Gasteiger charge is 2.31. The molecule has 0 aliphatic carbocycles. The van der Waals surface area contributed by atoms with Crippen LogP contribution in [-0.2, 0) is 5.54 Å². The molecule has 0 N–H and O–H groups in total. The van der Waals surface area contributed by atoms with Gasteiger partial charge >= 0.3 is 11.6 Å². The van der Waals surface area contributed by atoms with E-state index in [0.29, 0.717) is 0 Å². The molecule has 5 nitrogen and oxygen atoms in total. The molecular weight excluding hydrogens is 213 g/mol. The zero-order chi connectivity index (χ0) is 11.1. The molecule has 1 aromatic rings. The molecule has 0 aliphatic heterocycles. The van der Waals surface area contributed by atoms with E-state index in [0.717, 1.165) is 4.68 Å². The topological polar surface area (TPSA) is 61.0 Å². The average Bonchev–Trinajstić information content (AvgIpc) is 2.24. The number of nitro groups is 1. The summed E-state index contributed by atoms with van der Waals surface area (Å²) in [6.07, 6.45) is 0. The molecule has 1 aromatic heterocycles. The van der Waals surface area contributed by atoms with Crippen molar-refractivity contribution in [1.29, 1.82) is 0 Å². The van der Waals surface area contributed by atoms with Crippen molar-refractivity contribution in [3.63, 3.8) is 0 Å². The summed E-state index contributed by atoms with van der Waals surface area (Å²) >= 11 is 5.63. The summed E-state index contributed by atoms with van der Waals surface area (Å²) in [6, 6.07) is 0. The van der Waals surface area contributed by atoms with Crippen LogP contribution in [0.2, 0.25) is 5.15 Å². The van der Waals surface area contributed by atoms with Gasteiger partial charge in [-0.2, -0.15) is 4.39 Å². The van der Waals surface area contributed by atoms with E-state index >= 15 is 0 Å². The van der Waals surface area contributed by atoms with Crippen LogP contribution in [0.1, 0.15) is 20.8 Å². The summed E-state index contributed by atoms with van der Waals surface area (Å²) in [6.45, 7) is 5.15. The van der Waals surface area contributed by atoms with Crippen molar-refractivity contribution < 1.29 is 9.31 Å². The molecule has 14 heavy (non-hydrogen) atoms. The molecule has 0 unspecified atom stereocenters. The quantitative estimate of drug-likeness (QED) is 0.540. The molecule has 0 saturated carbocycles. The predicted octanol–water partition coefficient (Wildman–Crippen LogP) is 2.34. The van der Waals surface area contributed by atoms with Crippen LogP contribution in [0.25, 0.3) is 0 Å². The minimum atomic E-state index is -1.16. The molecule has 78 valence electrons. The highest BCUT2D eigenvalue weighted by molar-refractivity contribution is 6.31. The fraction of sp³-hybridized carbons (Fsp3) is 0.571. The fourth-order valence-corrected chi connectivity index (χ4v) is 1.40. The lowest BCUT2D eigenvalue weighted by Crippen LogP contribution is -2.23. The van der Waals surface area contributed by atoms with Crippen molar-refractivity contribution in [2.24, 2.45) is 0 Å². The lowest BCUT2D eigenvalue weighted by molar-refractivity contribution is -0.387. The van der Waals surface area contributed by atoms with E-state index in [2.05, 4.69) is 5.10 Å². The Kier molecular flexibility index (Phi) is 2.49. The summed E-state index contributed by atoms with van der Waals surface area (Å²) in [7, 11) is 0. The second-order valence-corrected chi connectivity index (χ2v) is 4.13. The van der Waals surface area contributed by atoms with Crippen molar-refractivity contribution >= 4 is 17.3 Å². The Morgan fingerprint density at radius 1 is 1.57 bits per heavy atom. The Balaban J connectivity index is 3.39. The fourth-order valence-electron chi connectivity index (χ4n) is 0.960. The van der Waals surface area contributed by atoms with Crippen molar-refractivity contribution in [3.05, 3.63) is 21.2 Å². The molecule has 0 aromatic carbocycles. The molecule has 0 spiro atoms. The van der Waals surface area contributed by atoms with Crippen molar-refractivity contribution in [2.45, 2.75) is 26.3 Å². The molecule has 1 rings (SSSR count). The second-order valence-electron chi connectivity index (χ2n) is 3.77. The minimum absolute atomic E-state index is 0.292. The third-order valence-corrected chi connectivity index (χ3v) is 1.92. The Morgan fingerprint density at radius 3 is 2.29 bits per heavy atom. The molecule has 0 amide bonds. The molecule has 0 bridgehead atoms. The van der Waals surface area contributed by atoms with Gasteiger partial charge in [-0.15, -0.1) is 5.10 Å². The van der Waals surface area contributed by atoms with E-state index in [4.69, 9.17) is 11.6 Å². The molecule has 0 atom stereocenters. The number of aromatic nitrogens is 2. The zero-order valence-electron chi connectivity index (χ0n) is 7.91. The summed E-state index contributed by atoms with van der Waals surface area (Å²) < 4.78 is 14.1. The summed E-state index contributed by atoms with van der Waals surface area (Å²) in [4.78, 5) is 9.53. The molecule has 0 radical (unpaired) electrons. The molecular formula is C7H9ClFN3O2. The second kappa shape index (κ2) is 3.20. The Bertz CT molecular complexity index is 383.